The van der Waals surface area contributed by atoms with Gasteiger partial charge in [-0.3, -0.25) is 15.2 Å². The Labute approximate surface area is 155 Å². The molecule has 7 nitrogen and oxygen atoms in total. The molecule has 1 aliphatic carbocycles. The molecule has 1 amide bonds. The van der Waals surface area contributed by atoms with E-state index in [-0.39, 0.29) is 24.8 Å². The minimum Gasteiger partial charge on any atom is -0.481 e. The van der Waals surface area contributed by atoms with Crippen LogP contribution in [0.4, 0.5) is 10.6 Å². The molecule has 1 aromatic heterocycles. The van der Waals surface area contributed by atoms with Gasteiger partial charge in [0.1, 0.15) is 6.61 Å². The number of amides is 1. The Balaban J connectivity index is 1.43. The number of benzene rings is 2. The van der Waals surface area contributed by atoms with E-state index in [4.69, 9.17) is 9.84 Å². The fourth-order valence-electron chi connectivity index (χ4n) is 3.42. The van der Waals surface area contributed by atoms with Gasteiger partial charge in [-0.2, -0.15) is 5.10 Å². The van der Waals surface area contributed by atoms with Crippen molar-refractivity contribution in [3.8, 4) is 11.1 Å². The van der Waals surface area contributed by atoms with Crippen molar-refractivity contribution in [1.29, 1.82) is 0 Å². The van der Waals surface area contributed by atoms with Gasteiger partial charge in [0.05, 0.1) is 6.42 Å². The van der Waals surface area contributed by atoms with Crippen LogP contribution in [0.1, 0.15) is 22.7 Å². The van der Waals surface area contributed by atoms with E-state index in [1.807, 2.05) is 36.4 Å². The van der Waals surface area contributed by atoms with Gasteiger partial charge in [0.25, 0.3) is 0 Å². The van der Waals surface area contributed by atoms with E-state index in [0.29, 0.717) is 5.69 Å². The van der Waals surface area contributed by atoms with Gasteiger partial charge in [0.2, 0.25) is 0 Å². The van der Waals surface area contributed by atoms with E-state index in [2.05, 4.69) is 27.6 Å². The number of carbonyl (C=O) groups is 2. The van der Waals surface area contributed by atoms with Crippen LogP contribution < -0.4 is 5.32 Å². The zero-order chi connectivity index (χ0) is 18.8. The highest BCUT2D eigenvalue weighted by atomic mass is 16.5. The molecule has 4 rings (SSSR count). The molecule has 0 radical (unpaired) electrons. The van der Waals surface area contributed by atoms with Crippen molar-refractivity contribution >= 4 is 17.9 Å². The summed E-state index contributed by atoms with van der Waals surface area (Å²) in [7, 11) is 0. The van der Waals surface area contributed by atoms with Gasteiger partial charge >= 0.3 is 12.1 Å². The van der Waals surface area contributed by atoms with Crippen molar-refractivity contribution in [3.05, 3.63) is 71.4 Å². The van der Waals surface area contributed by atoms with Gasteiger partial charge in [0, 0.05) is 17.7 Å². The van der Waals surface area contributed by atoms with Crippen molar-refractivity contribution < 1.29 is 19.4 Å². The standard InChI is InChI=1S/C20H17N3O4/c24-19(25)10-12-9-18(23-22-12)21-20(26)27-11-17-15-7-3-1-5-13(15)14-6-2-4-8-16(14)17/h1-9,17H,10-11H2,(H,24,25)(H2,21,22,23,26). The number of carboxylic acid groups (broad SMARTS) is 1. The number of hydrogen-bond acceptors (Lipinski definition) is 4. The molecule has 3 aromatic rings. The molecule has 136 valence electrons. The van der Waals surface area contributed by atoms with Crippen LogP contribution in [0.5, 0.6) is 0 Å². The first kappa shape index (κ1) is 16.8. The average Bonchev–Trinajstić information content (AvgIpc) is 3.21. The number of aromatic nitrogens is 2. The summed E-state index contributed by atoms with van der Waals surface area (Å²) in [5.41, 5.74) is 4.99. The second-order valence-electron chi connectivity index (χ2n) is 6.30. The summed E-state index contributed by atoms with van der Waals surface area (Å²) in [4.78, 5) is 22.8. The molecule has 3 N–H and O–H groups in total. The van der Waals surface area contributed by atoms with Crippen LogP contribution in [0.15, 0.2) is 54.6 Å². The number of nitrogens with zero attached hydrogens (tertiary/aromatic N) is 1. The number of hydrogen-bond donors (Lipinski definition) is 3. The van der Waals surface area contributed by atoms with E-state index in [1.54, 1.807) is 0 Å². The number of carboxylic acids is 1. The van der Waals surface area contributed by atoms with Crippen LogP contribution in [0, 0.1) is 0 Å². The summed E-state index contributed by atoms with van der Waals surface area (Å²) >= 11 is 0. The summed E-state index contributed by atoms with van der Waals surface area (Å²) in [6, 6.07) is 17.7. The maximum absolute atomic E-state index is 12.1. The largest absolute Gasteiger partial charge is 0.481 e. The molecule has 1 heterocycles. The highest BCUT2D eigenvalue weighted by Crippen LogP contribution is 2.44. The number of carbonyl (C=O) groups excluding carboxylic acids is 1. The lowest BCUT2D eigenvalue weighted by Crippen LogP contribution is -2.18. The lowest BCUT2D eigenvalue weighted by molar-refractivity contribution is -0.136. The fourth-order valence-corrected chi connectivity index (χ4v) is 3.42. The molecule has 0 atom stereocenters. The smallest absolute Gasteiger partial charge is 0.412 e. The predicted molar refractivity (Wildman–Crippen MR) is 98.6 cm³/mol. The summed E-state index contributed by atoms with van der Waals surface area (Å²) < 4.78 is 5.41. The molecule has 0 saturated carbocycles. The highest BCUT2D eigenvalue weighted by Gasteiger charge is 2.29. The quantitative estimate of drug-likeness (QED) is 0.644. The number of aliphatic carboxylic acids is 1. The van der Waals surface area contributed by atoms with Crippen molar-refractivity contribution in [2.45, 2.75) is 12.3 Å². The van der Waals surface area contributed by atoms with E-state index < -0.39 is 12.1 Å². The Bertz CT molecular complexity index is 966. The lowest BCUT2D eigenvalue weighted by Gasteiger charge is -2.14. The van der Waals surface area contributed by atoms with Crippen molar-refractivity contribution in [2.75, 3.05) is 11.9 Å². The topological polar surface area (TPSA) is 104 Å². The average molecular weight is 363 g/mol. The Morgan fingerprint density at radius 1 is 1.07 bits per heavy atom. The predicted octanol–water partition coefficient (Wildman–Crippen LogP) is 3.40. The third-order valence-corrected chi connectivity index (χ3v) is 4.55. The Morgan fingerprint density at radius 2 is 1.70 bits per heavy atom. The van der Waals surface area contributed by atoms with Crippen LogP contribution >= 0.6 is 0 Å². The number of H-pyrrole nitrogens is 1. The second-order valence-corrected chi connectivity index (χ2v) is 6.30. The van der Waals surface area contributed by atoms with Gasteiger partial charge in [-0.15, -0.1) is 0 Å². The van der Waals surface area contributed by atoms with E-state index >= 15 is 0 Å². The van der Waals surface area contributed by atoms with Gasteiger partial charge in [0.15, 0.2) is 5.82 Å². The second kappa shape index (κ2) is 6.95. The van der Waals surface area contributed by atoms with Gasteiger partial charge in [-0.05, 0) is 22.3 Å². The van der Waals surface area contributed by atoms with E-state index in [0.717, 1.165) is 22.3 Å². The summed E-state index contributed by atoms with van der Waals surface area (Å²) in [5.74, 6) is -0.778. The number of aromatic amines is 1. The number of anilines is 1. The molecule has 2 aromatic carbocycles. The molecule has 0 fully saturated rings. The monoisotopic (exact) mass is 363 g/mol. The van der Waals surface area contributed by atoms with Crippen molar-refractivity contribution in [1.82, 2.24) is 10.2 Å². The fraction of sp³-hybridized carbons (Fsp3) is 0.150. The molecule has 1 aliphatic rings. The molecule has 0 unspecified atom stereocenters. The highest BCUT2D eigenvalue weighted by molar-refractivity contribution is 5.84. The van der Waals surface area contributed by atoms with Gasteiger partial charge < -0.3 is 9.84 Å². The third-order valence-electron chi connectivity index (χ3n) is 4.55. The summed E-state index contributed by atoms with van der Waals surface area (Å²) in [6.45, 7) is 0.201. The van der Waals surface area contributed by atoms with E-state index in [1.165, 1.54) is 6.07 Å². The molecular formula is C20H17N3O4. The van der Waals surface area contributed by atoms with Gasteiger partial charge in [-0.1, -0.05) is 48.5 Å². The van der Waals surface area contributed by atoms with Crippen LogP contribution in [0.2, 0.25) is 0 Å². The molecule has 0 saturated heterocycles. The van der Waals surface area contributed by atoms with Crippen molar-refractivity contribution in [3.63, 3.8) is 0 Å². The summed E-state index contributed by atoms with van der Waals surface area (Å²) in [6.07, 6.45) is -0.829. The zero-order valence-electron chi connectivity index (χ0n) is 14.3. The van der Waals surface area contributed by atoms with Crippen LogP contribution in [-0.4, -0.2) is 34.0 Å². The Morgan fingerprint density at radius 3 is 2.33 bits per heavy atom. The lowest BCUT2D eigenvalue weighted by atomic mass is 9.98. The number of ether oxygens (including phenoxy) is 1. The van der Waals surface area contributed by atoms with Crippen molar-refractivity contribution in [2.24, 2.45) is 0 Å². The van der Waals surface area contributed by atoms with Crippen LogP contribution in [0.3, 0.4) is 0 Å². The first-order valence-electron chi connectivity index (χ1n) is 8.50. The normalized spacial score (nSPS) is 12.3. The number of nitrogens with one attached hydrogen (secondary N) is 2. The van der Waals surface area contributed by atoms with E-state index in [9.17, 15) is 9.59 Å². The molecular weight excluding hydrogens is 346 g/mol. The SMILES string of the molecule is O=C(O)Cc1cc(NC(=O)OCC2c3ccccc3-c3ccccc32)n[nH]1. The molecule has 0 aliphatic heterocycles. The molecule has 27 heavy (non-hydrogen) atoms. The van der Waals surface area contributed by atoms with Crippen LogP contribution in [-0.2, 0) is 16.0 Å². The first-order valence-corrected chi connectivity index (χ1v) is 8.50. The minimum atomic E-state index is -0.980. The molecule has 0 bridgehead atoms. The Hall–Kier alpha value is -3.61. The number of rotatable bonds is 5. The molecule has 7 heteroatoms. The third kappa shape index (κ3) is 3.39. The first-order chi connectivity index (χ1) is 13.1. The molecule has 0 spiro atoms. The zero-order valence-corrected chi connectivity index (χ0v) is 14.3. The maximum Gasteiger partial charge on any atom is 0.412 e. The van der Waals surface area contributed by atoms with Crippen LogP contribution in [0.25, 0.3) is 11.1 Å². The van der Waals surface area contributed by atoms with Gasteiger partial charge in [-0.25, -0.2) is 4.79 Å². The summed E-state index contributed by atoms with van der Waals surface area (Å²) in [5, 5.41) is 17.7. The maximum atomic E-state index is 12.1. The number of fused-ring (bicyclic) bond motifs is 3. The Kier molecular flexibility index (Phi) is 4.33. The minimum absolute atomic E-state index is 0.0232.